The molecule has 0 unspecified atom stereocenters. The van der Waals surface area contributed by atoms with Gasteiger partial charge in [0.1, 0.15) is 0 Å². The molecular weight excluding hydrogens is 286 g/mol. The number of anilines is 1. The van der Waals surface area contributed by atoms with Gasteiger partial charge in [0.25, 0.3) is 5.91 Å². The predicted molar refractivity (Wildman–Crippen MR) is 71.2 cm³/mol. The molecule has 4 heteroatoms. The Kier molecular flexibility index (Phi) is 3.41. The fourth-order valence-electron chi connectivity index (χ4n) is 1.27. The van der Waals surface area contributed by atoms with Gasteiger partial charge < -0.3 is 5.32 Å². The molecule has 0 saturated heterocycles. The summed E-state index contributed by atoms with van der Waals surface area (Å²) in [4.78, 5) is 12.5. The standard InChI is InChI=1S/C12H10BrNOS/c1-8-4-5-9(7-10(8)13)14-12(15)11-3-2-6-16-11/h2-7H,1H3,(H,14,15). The van der Waals surface area contributed by atoms with E-state index in [1.807, 2.05) is 42.6 Å². The highest BCUT2D eigenvalue weighted by Crippen LogP contribution is 2.21. The summed E-state index contributed by atoms with van der Waals surface area (Å²) in [6.07, 6.45) is 0. The monoisotopic (exact) mass is 295 g/mol. The van der Waals surface area contributed by atoms with Crippen molar-refractivity contribution in [1.82, 2.24) is 0 Å². The quantitative estimate of drug-likeness (QED) is 0.889. The molecule has 0 radical (unpaired) electrons. The average molecular weight is 296 g/mol. The average Bonchev–Trinajstić information content (AvgIpc) is 2.77. The van der Waals surface area contributed by atoms with Crippen molar-refractivity contribution in [3.63, 3.8) is 0 Å². The van der Waals surface area contributed by atoms with Crippen LogP contribution in [0.15, 0.2) is 40.2 Å². The Labute approximate surface area is 106 Å². The summed E-state index contributed by atoms with van der Waals surface area (Å²) in [5, 5.41) is 4.74. The van der Waals surface area contributed by atoms with Crippen LogP contribution < -0.4 is 5.32 Å². The lowest BCUT2D eigenvalue weighted by molar-refractivity contribution is 0.103. The molecule has 0 fully saturated rings. The molecule has 0 spiro atoms. The number of carbonyl (C=O) groups is 1. The minimum atomic E-state index is -0.0641. The summed E-state index contributed by atoms with van der Waals surface area (Å²) < 4.78 is 0.997. The van der Waals surface area contributed by atoms with E-state index in [0.29, 0.717) is 0 Å². The lowest BCUT2D eigenvalue weighted by atomic mass is 10.2. The molecule has 0 atom stereocenters. The molecule has 1 heterocycles. The van der Waals surface area contributed by atoms with Crippen LogP contribution in [0.4, 0.5) is 5.69 Å². The van der Waals surface area contributed by atoms with Crippen LogP contribution in [0.5, 0.6) is 0 Å². The highest BCUT2D eigenvalue weighted by Gasteiger charge is 2.07. The van der Waals surface area contributed by atoms with Gasteiger partial charge in [0.15, 0.2) is 0 Å². The Hall–Kier alpha value is -1.13. The van der Waals surface area contributed by atoms with Gasteiger partial charge in [-0.2, -0.15) is 0 Å². The molecule has 2 aromatic rings. The SMILES string of the molecule is Cc1ccc(NC(=O)c2cccs2)cc1Br. The Morgan fingerprint density at radius 1 is 1.38 bits per heavy atom. The second-order valence-electron chi connectivity index (χ2n) is 3.40. The topological polar surface area (TPSA) is 29.1 Å². The number of amides is 1. The normalized spacial score (nSPS) is 10.1. The molecule has 0 aliphatic rings. The third kappa shape index (κ3) is 2.51. The van der Waals surface area contributed by atoms with Crippen molar-refractivity contribution in [3.8, 4) is 0 Å². The summed E-state index contributed by atoms with van der Waals surface area (Å²) in [5.41, 5.74) is 1.95. The summed E-state index contributed by atoms with van der Waals surface area (Å²) in [6, 6.07) is 9.44. The third-order valence-electron chi connectivity index (χ3n) is 2.17. The van der Waals surface area contributed by atoms with Crippen LogP contribution in [0.25, 0.3) is 0 Å². The van der Waals surface area contributed by atoms with E-state index >= 15 is 0 Å². The maximum absolute atomic E-state index is 11.8. The van der Waals surface area contributed by atoms with Gasteiger partial charge in [-0.25, -0.2) is 0 Å². The Morgan fingerprint density at radius 3 is 2.81 bits per heavy atom. The fraction of sp³-hybridized carbons (Fsp3) is 0.0833. The molecule has 0 saturated carbocycles. The van der Waals surface area contributed by atoms with E-state index in [1.165, 1.54) is 11.3 Å². The zero-order valence-corrected chi connectivity index (χ0v) is 11.1. The molecule has 1 aromatic carbocycles. The van der Waals surface area contributed by atoms with E-state index in [0.717, 1.165) is 20.6 Å². The first-order valence-electron chi connectivity index (χ1n) is 4.78. The minimum absolute atomic E-state index is 0.0641. The number of benzene rings is 1. The van der Waals surface area contributed by atoms with E-state index in [-0.39, 0.29) is 5.91 Å². The second kappa shape index (κ2) is 4.80. The van der Waals surface area contributed by atoms with Crippen molar-refractivity contribution in [2.24, 2.45) is 0 Å². The fourth-order valence-corrected chi connectivity index (χ4v) is 2.27. The molecule has 1 N–H and O–H groups in total. The van der Waals surface area contributed by atoms with Crippen LogP contribution in [0, 0.1) is 6.92 Å². The van der Waals surface area contributed by atoms with Crippen molar-refractivity contribution < 1.29 is 4.79 Å². The van der Waals surface area contributed by atoms with Crippen LogP contribution >= 0.6 is 27.3 Å². The van der Waals surface area contributed by atoms with E-state index in [9.17, 15) is 4.79 Å². The molecule has 16 heavy (non-hydrogen) atoms. The van der Waals surface area contributed by atoms with Crippen molar-refractivity contribution in [2.45, 2.75) is 6.92 Å². The number of halogens is 1. The molecule has 0 aliphatic heterocycles. The molecule has 2 rings (SSSR count). The molecule has 0 bridgehead atoms. The van der Waals surface area contributed by atoms with Crippen LogP contribution in [0.1, 0.15) is 15.2 Å². The van der Waals surface area contributed by atoms with Crippen LogP contribution in [0.3, 0.4) is 0 Å². The number of hydrogen-bond donors (Lipinski definition) is 1. The first-order valence-corrected chi connectivity index (χ1v) is 6.45. The number of thiophene rings is 1. The van der Waals surface area contributed by atoms with Gasteiger partial charge in [0.05, 0.1) is 4.88 Å². The molecular formula is C12H10BrNOS. The largest absolute Gasteiger partial charge is 0.321 e. The van der Waals surface area contributed by atoms with Gasteiger partial charge in [-0.15, -0.1) is 11.3 Å². The minimum Gasteiger partial charge on any atom is -0.321 e. The summed E-state index contributed by atoms with van der Waals surface area (Å²) in [5.74, 6) is -0.0641. The van der Waals surface area contributed by atoms with Gasteiger partial charge >= 0.3 is 0 Å². The van der Waals surface area contributed by atoms with Crippen molar-refractivity contribution in [3.05, 3.63) is 50.6 Å². The molecule has 2 nitrogen and oxygen atoms in total. The van der Waals surface area contributed by atoms with Gasteiger partial charge in [-0.3, -0.25) is 4.79 Å². The molecule has 82 valence electrons. The highest BCUT2D eigenvalue weighted by atomic mass is 79.9. The summed E-state index contributed by atoms with van der Waals surface area (Å²) in [7, 11) is 0. The summed E-state index contributed by atoms with van der Waals surface area (Å²) in [6.45, 7) is 2.01. The van der Waals surface area contributed by atoms with Crippen LogP contribution in [-0.4, -0.2) is 5.91 Å². The lowest BCUT2D eigenvalue weighted by Crippen LogP contribution is -2.09. The maximum Gasteiger partial charge on any atom is 0.265 e. The number of aryl methyl sites for hydroxylation is 1. The van der Waals surface area contributed by atoms with E-state index < -0.39 is 0 Å². The highest BCUT2D eigenvalue weighted by molar-refractivity contribution is 9.10. The summed E-state index contributed by atoms with van der Waals surface area (Å²) >= 11 is 4.87. The Morgan fingerprint density at radius 2 is 2.19 bits per heavy atom. The lowest BCUT2D eigenvalue weighted by Gasteiger charge is -2.05. The molecule has 1 aromatic heterocycles. The number of carbonyl (C=O) groups excluding carboxylic acids is 1. The molecule has 0 aliphatic carbocycles. The molecule has 1 amide bonds. The van der Waals surface area contributed by atoms with Crippen LogP contribution in [0.2, 0.25) is 0 Å². The number of rotatable bonds is 2. The van der Waals surface area contributed by atoms with E-state index in [2.05, 4.69) is 21.2 Å². The van der Waals surface area contributed by atoms with E-state index in [1.54, 1.807) is 0 Å². The smallest absolute Gasteiger partial charge is 0.265 e. The van der Waals surface area contributed by atoms with Crippen LogP contribution in [-0.2, 0) is 0 Å². The Balaban J connectivity index is 2.15. The first kappa shape index (κ1) is 11.4. The Bertz CT molecular complexity index is 508. The zero-order valence-electron chi connectivity index (χ0n) is 8.66. The zero-order chi connectivity index (χ0) is 11.5. The van der Waals surface area contributed by atoms with Crippen molar-refractivity contribution in [2.75, 3.05) is 5.32 Å². The number of hydrogen-bond acceptors (Lipinski definition) is 2. The van der Waals surface area contributed by atoms with Gasteiger partial charge in [-0.05, 0) is 36.1 Å². The second-order valence-corrected chi connectivity index (χ2v) is 5.20. The van der Waals surface area contributed by atoms with E-state index in [4.69, 9.17) is 0 Å². The van der Waals surface area contributed by atoms with Crippen molar-refractivity contribution in [1.29, 1.82) is 0 Å². The maximum atomic E-state index is 11.8. The predicted octanol–water partition coefficient (Wildman–Crippen LogP) is 4.07. The third-order valence-corrected chi connectivity index (χ3v) is 3.90. The first-order chi connectivity index (χ1) is 7.66. The van der Waals surface area contributed by atoms with Gasteiger partial charge in [0.2, 0.25) is 0 Å². The number of nitrogens with one attached hydrogen (secondary N) is 1. The van der Waals surface area contributed by atoms with Gasteiger partial charge in [0, 0.05) is 10.2 Å². The van der Waals surface area contributed by atoms with Crippen molar-refractivity contribution >= 4 is 38.9 Å². The van der Waals surface area contributed by atoms with Gasteiger partial charge in [-0.1, -0.05) is 28.1 Å².